The van der Waals surface area contributed by atoms with Crippen molar-refractivity contribution in [1.29, 1.82) is 0 Å². The topological polar surface area (TPSA) is 73.2 Å². The molecule has 0 unspecified atom stereocenters. The molecule has 15 heavy (non-hydrogen) atoms. The molecule has 1 amide bonds. The lowest BCUT2D eigenvalue weighted by molar-refractivity contribution is -0.114. The van der Waals surface area contributed by atoms with Gasteiger partial charge in [0.05, 0.1) is 18.5 Å². The maximum atomic E-state index is 11.3. The summed E-state index contributed by atoms with van der Waals surface area (Å²) in [4.78, 5) is 22.3. The van der Waals surface area contributed by atoms with Gasteiger partial charge in [-0.05, 0) is 6.92 Å². The van der Waals surface area contributed by atoms with Gasteiger partial charge >= 0.3 is 5.97 Å². The lowest BCUT2D eigenvalue weighted by Gasteiger charge is -2.02. The van der Waals surface area contributed by atoms with Gasteiger partial charge in [-0.25, -0.2) is 4.79 Å². The van der Waals surface area contributed by atoms with E-state index in [2.05, 4.69) is 15.2 Å². The molecule has 1 rings (SSSR count). The van der Waals surface area contributed by atoms with E-state index in [1.54, 1.807) is 14.0 Å². The van der Waals surface area contributed by atoms with E-state index < -0.39 is 5.97 Å². The Morgan fingerprint density at radius 3 is 2.53 bits per heavy atom. The Morgan fingerprint density at radius 2 is 2.07 bits per heavy atom. The number of ether oxygens (including phenoxy) is 1. The zero-order valence-electron chi connectivity index (χ0n) is 9.12. The van der Waals surface area contributed by atoms with Crippen molar-refractivity contribution < 1.29 is 14.3 Å². The van der Waals surface area contributed by atoms with Gasteiger partial charge in [0, 0.05) is 14.0 Å². The van der Waals surface area contributed by atoms with Crippen molar-refractivity contribution in [1.82, 2.24) is 9.78 Å². The van der Waals surface area contributed by atoms with E-state index in [-0.39, 0.29) is 11.6 Å². The first-order valence-corrected chi connectivity index (χ1v) is 4.37. The molecule has 0 bridgehead atoms. The van der Waals surface area contributed by atoms with Gasteiger partial charge in [0.2, 0.25) is 5.91 Å². The number of carbonyl (C=O) groups excluding carboxylic acids is 2. The number of nitrogens with zero attached hydrogens (tertiary/aromatic N) is 2. The van der Waals surface area contributed by atoms with Crippen molar-refractivity contribution >= 4 is 17.6 Å². The number of methoxy groups -OCH3 is 1. The molecule has 6 nitrogen and oxygen atoms in total. The summed E-state index contributed by atoms with van der Waals surface area (Å²) >= 11 is 0. The average molecular weight is 211 g/mol. The van der Waals surface area contributed by atoms with Gasteiger partial charge in [-0.3, -0.25) is 9.48 Å². The number of aromatic nitrogens is 2. The number of aryl methyl sites for hydroxylation is 1. The number of esters is 1. The van der Waals surface area contributed by atoms with Crippen LogP contribution < -0.4 is 5.32 Å². The molecular formula is C9H13N3O3. The van der Waals surface area contributed by atoms with Crippen molar-refractivity contribution in [2.45, 2.75) is 13.8 Å². The second kappa shape index (κ2) is 4.12. The Morgan fingerprint density at radius 1 is 1.47 bits per heavy atom. The third-order valence-electron chi connectivity index (χ3n) is 2.01. The Balaban J connectivity index is 3.20. The van der Waals surface area contributed by atoms with Crippen LogP contribution in [0, 0.1) is 6.92 Å². The Hall–Kier alpha value is -1.85. The maximum absolute atomic E-state index is 11.3. The summed E-state index contributed by atoms with van der Waals surface area (Å²) < 4.78 is 6.07. The molecular weight excluding hydrogens is 198 g/mol. The minimum absolute atomic E-state index is 0.118. The smallest absolute Gasteiger partial charge is 0.360 e. The summed E-state index contributed by atoms with van der Waals surface area (Å²) in [6.07, 6.45) is 0. The SMILES string of the molecule is COC(=O)c1nn(C)c(C)c1NC(C)=O. The van der Waals surface area contributed by atoms with Crippen LogP contribution in [0.5, 0.6) is 0 Å². The molecule has 82 valence electrons. The highest BCUT2D eigenvalue weighted by Gasteiger charge is 2.20. The van der Waals surface area contributed by atoms with E-state index in [1.165, 1.54) is 18.7 Å². The third kappa shape index (κ3) is 2.15. The number of nitrogens with one attached hydrogen (secondary N) is 1. The summed E-state index contributed by atoms with van der Waals surface area (Å²) in [5.74, 6) is -0.821. The highest BCUT2D eigenvalue weighted by Crippen LogP contribution is 2.19. The van der Waals surface area contributed by atoms with Crippen LogP contribution in [0.3, 0.4) is 0 Å². The molecule has 0 aliphatic carbocycles. The molecule has 0 radical (unpaired) electrons. The monoisotopic (exact) mass is 211 g/mol. The second-order valence-electron chi connectivity index (χ2n) is 3.11. The second-order valence-corrected chi connectivity index (χ2v) is 3.11. The van der Waals surface area contributed by atoms with Crippen LogP contribution in [0.4, 0.5) is 5.69 Å². The van der Waals surface area contributed by atoms with Crippen molar-refractivity contribution in [3.05, 3.63) is 11.4 Å². The van der Waals surface area contributed by atoms with Crippen LogP contribution in [-0.2, 0) is 16.6 Å². The zero-order chi connectivity index (χ0) is 11.6. The molecule has 1 N–H and O–H groups in total. The fraction of sp³-hybridized carbons (Fsp3) is 0.444. The predicted molar refractivity (Wildman–Crippen MR) is 53.6 cm³/mol. The number of hydrogen-bond donors (Lipinski definition) is 1. The highest BCUT2D eigenvalue weighted by atomic mass is 16.5. The molecule has 0 aromatic carbocycles. The molecule has 6 heteroatoms. The molecule has 0 atom stereocenters. The standard InChI is InChI=1S/C9H13N3O3/c1-5-7(10-6(2)13)8(9(14)15-4)11-12(5)3/h1-4H3,(H,10,13). The van der Waals surface area contributed by atoms with Crippen LogP contribution in [0.1, 0.15) is 23.1 Å². The van der Waals surface area contributed by atoms with E-state index in [4.69, 9.17) is 0 Å². The average Bonchev–Trinajstić information content (AvgIpc) is 2.44. The first kappa shape index (κ1) is 11.2. The van der Waals surface area contributed by atoms with Crippen LogP contribution in [-0.4, -0.2) is 28.8 Å². The van der Waals surface area contributed by atoms with Crippen LogP contribution in [0.2, 0.25) is 0 Å². The van der Waals surface area contributed by atoms with Crippen molar-refractivity contribution in [2.24, 2.45) is 7.05 Å². The number of carbonyl (C=O) groups is 2. The molecule has 0 saturated carbocycles. The lowest BCUT2D eigenvalue weighted by Crippen LogP contribution is -2.11. The molecule has 0 aliphatic heterocycles. The summed E-state index contributed by atoms with van der Waals surface area (Å²) in [6.45, 7) is 3.12. The number of amides is 1. The van der Waals surface area contributed by atoms with E-state index >= 15 is 0 Å². The summed E-state index contributed by atoms with van der Waals surface area (Å²) in [5.41, 5.74) is 1.22. The molecule has 1 heterocycles. The molecule has 1 aromatic rings. The fourth-order valence-electron chi connectivity index (χ4n) is 1.17. The molecule has 0 spiro atoms. The Labute approximate surface area is 87.2 Å². The number of rotatable bonds is 2. The van der Waals surface area contributed by atoms with Gasteiger partial charge in [-0.1, -0.05) is 0 Å². The Kier molecular flexibility index (Phi) is 3.08. The molecule has 0 aliphatic rings. The van der Waals surface area contributed by atoms with Gasteiger partial charge < -0.3 is 10.1 Å². The lowest BCUT2D eigenvalue weighted by atomic mass is 10.3. The van der Waals surface area contributed by atoms with Gasteiger partial charge in [0.1, 0.15) is 0 Å². The highest BCUT2D eigenvalue weighted by molar-refractivity contribution is 5.99. The largest absolute Gasteiger partial charge is 0.464 e. The van der Waals surface area contributed by atoms with E-state index in [0.29, 0.717) is 11.4 Å². The summed E-state index contributed by atoms with van der Waals surface area (Å²) in [7, 11) is 2.96. The van der Waals surface area contributed by atoms with E-state index in [1.807, 2.05) is 0 Å². The molecule has 0 saturated heterocycles. The van der Waals surface area contributed by atoms with Crippen LogP contribution in [0.15, 0.2) is 0 Å². The van der Waals surface area contributed by atoms with Crippen LogP contribution >= 0.6 is 0 Å². The summed E-state index contributed by atoms with van der Waals surface area (Å²) in [5, 5.41) is 6.52. The molecule has 0 fully saturated rings. The van der Waals surface area contributed by atoms with Gasteiger partial charge in [-0.2, -0.15) is 5.10 Å². The van der Waals surface area contributed by atoms with Crippen molar-refractivity contribution in [3.63, 3.8) is 0 Å². The van der Waals surface area contributed by atoms with Gasteiger partial charge in [-0.15, -0.1) is 0 Å². The minimum Gasteiger partial charge on any atom is -0.464 e. The Bertz CT molecular complexity index is 409. The zero-order valence-corrected chi connectivity index (χ0v) is 9.12. The maximum Gasteiger partial charge on any atom is 0.360 e. The predicted octanol–water partition coefficient (Wildman–Crippen LogP) is 0.474. The first-order chi connectivity index (χ1) is 6.97. The minimum atomic E-state index is -0.567. The summed E-state index contributed by atoms with van der Waals surface area (Å²) in [6, 6.07) is 0. The van der Waals surface area contributed by atoms with Crippen molar-refractivity contribution in [2.75, 3.05) is 12.4 Å². The van der Waals surface area contributed by atoms with Crippen molar-refractivity contribution in [3.8, 4) is 0 Å². The van der Waals surface area contributed by atoms with Crippen LogP contribution in [0.25, 0.3) is 0 Å². The quantitative estimate of drug-likeness (QED) is 0.722. The van der Waals surface area contributed by atoms with Gasteiger partial charge in [0.15, 0.2) is 5.69 Å². The van der Waals surface area contributed by atoms with Gasteiger partial charge in [0.25, 0.3) is 0 Å². The van der Waals surface area contributed by atoms with E-state index in [9.17, 15) is 9.59 Å². The number of hydrogen-bond acceptors (Lipinski definition) is 4. The fourth-order valence-corrected chi connectivity index (χ4v) is 1.17. The molecule has 1 aromatic heterocycles. The number of anilines is 1. The first-order valence-electron chi connectivity index (χ1n) is 4.37. The normalized spacial score (nSPS) is 9.87. The van der Waals surface area contributed by atoms with E-state index in [0.717, 1.165) is 0 Å². The third-order valence-corrected chi connectivity index (χ3v) is 2.01.